The summed E-state index contributed by atoms with van der Waals surface area (Å²) in [6.07, 6.45) is 2.25. The molecule has 12 nitrogen and oxygen atoms in total. The van der Waals surface area contributed by atoms with Crippen LogP contribution in [0, 0.1) is 11.3 Å². The van der Waals surface area contributed by atoms with E-state index >= 15 is 0 Å². The molecule has 0 aliphatic carbocycles. The lowest BCUT2D eigenvalue weighted by molar-refractivity contribution is -0.135. The van der Waals surface area contributed by atoms with E-state index < -0.39 is 29.6 Å². The van der Waals surface area contributed by atoms with Crippen LogP contribution in [0.4, 0.5) is 0 Å². The van der Waals surface area contributed by atoms with E-state index in [0.29, 0.717) is 25.9 Å². The van der Waals surface area contributed by atoms with Crippen molar-refractivity contribution in [1.29, 1.82) is 0 Å². The predicted octanol–water partition coefficient (Wildman–Crippen LogP) is 0.246. The smallest absolute Gasteiger partial charge is 0.188 e. The Hall–Kier alpha value is -1.58. The van der Waals surface area contributed by atoms with Crippen LogP contribution in [0.15, 0.2) is 38.3 Å². The van der Waals surface area contributed by atoms with Crippen LogP contribution in [0.1, 0.15) is 19.8 Å². The number of hydrogen-bond donors (Lipinski definition) is 5. The number of nitrogens with zero attached hydrogens (tertiary/aromatic N) is 1. The molecule has 0 bridgehead atoms. The van der Waals surface area contributed by atoms with Crippen LogP contribution >= 0.6 is 0 Å². The number of rotatable bonds is 29. The minimum absolute atomic E-state index is 0.0163. The van der Waals surface area contributed by atoms with E-state index in [1.54, 1.807) is 11.0 Å². The van der Waals surface area contributed by atoms with Gasteiger partial charge in [-0.05, 0) is 12.8 Å². The summed E-state index contributed by atoms with van der Waals surface area (Å²) in [4.78, 5) is 1.73. The van der Waals surface area contributed by atoms with Crippen LogP contribution in [0.2, 0.25) is 0 Å². The first kappa shape index (κ1) is 37.4. The maximum atomic E-state index is 11.4. The first-order chi connectivity index (χ1) is 18.8. The summed E-state index contributed by atoms with van der Waals surface area (Å²) in [6, 6.07) is 0. The lowest BCUT2D eigenvalue weighted by atomic mass is 9.75. The van der Waals surface area contributed by atoms with Gasteiger partial charge in [0, 0.05) is 31.0 Å². The zero-order valence-corrected chi connectivity index (χ0v) is 23.4. The molecule has 0 aromatic carbocycles. The maximum Gasteiger partial charge on any atom is 0.188 e. The third-order valence-corrected chi connectivity index (χ3v) is 6.18. The van der Waals surface area contributed by atoms with E-state index in [0.717, 1.165) is 0 Å². The lowest BCUT2D eigenvalue weighted by Crippen LogP contribution is -2.48. The number of ether oxygens (including phenoxy) is 6. The van der Waals surface area contributed by atoms with Gasteiger partial charge < -0.3 is 54.0 Å². The van der Waals surface area contributed by atoms with Crippen LogP contribution in [0.3, 0.4) is 0 Å². The molecular weight excluding hydrogens is 514 g/mol. The van der Waals surface area contributed by atoms with E-state index in [9.17, 15) is 25.5 Å². The standard InChI is InChI=1S/C27H51NO11/c1-5-23(16-39-22-35-8-4)26(33)27(6-2,19-37-17-24(31)9-14-36-21-34-7-3)20-38-18-25(32)15-28(10-12-29)11-13-30/h5,7-8,23-26,29-33H,1,3-4,6,9-22H2,2H3. The summed E-state index contributed by atoms with van der Waals surface area (Å²) in [7, 11) is 0. The highest BCUT2D eigenvalue weighted by Gasteiger charge is 2.41. The average Bonchev–Trinajstić information content (AvgIpc) is 2.92. The van der Waals surface area contributed by atoms with E-state index in [2.05, 4.69) is 19.7 Å². The lowest BCUT2D eigenvalue weighted by Gasteiger charge is -2.40. The molecule has 0 saturated heterocycles. The van der Waals surface area contributed by atoms with Gasteiger partial charge in [0.2, 0.25) is 0 Å². The van der Waals surface area contributed by atoms with Crippen molar-refractivity contribution in [3.63, 3.8) is 0 Å². The largest absolute Gasteiger partial charge is 0.476 e. The van der Waals surface area contributed by atoms with Gasteiger partial charge in [0.25, 0.3) is 0 Å². The Balaban J connectivity index is 5.23. The molecule has 0 aliphatic heterocycles. The van der Waals surface area contributed by atoms with Gasteiger partial charge >= 0.3 is 0 Å². The van der Waals surface area contributed by atoms with Gasteiger partial charge in [-0.25, -0.2) is 0 Å². The second kappa shape index (κ2) is 24.2. The Morgan fingerprint density at radius 3 is 1.87 bits per heavy atom. The molecule has 5 unspecified atom stereocenters. The van der Waals surface area contributed by atoms with E-state index in [1.807, 2.05) is 6.92 Å². The Kier molecular flexibility index (Phi) is 23.3. The highest BCUT2D eigenvalue weighted by atomic mass is 16.7. The van der Waals surface area contributed by atoms with Crippen LogP contribution in [-0.4, -0.2) is 135 Å². The first-order valence-corrected chi connectivity index (χ1v) is 13.2. The quantitative estimate of drug-likeness (QED) is 0.0365. The molecule has 12 heteroatoms. The monoisotopic (exact) mass is 565 g/mol. The van der Waals surface area contributed by atoms with Gasteiger partial charge in [0.05, 0.1) is 83.7 Å². The SMILES string of the molecule is C=COCOCCC(O)COCC(CC)(COCC(O)CN(CCO)CCO)C(O)C(C=C)COCOC=C. The minimum atomic E-state index is -0.988. The summed E-state index contributed by atoms with van der Waals surface area (Å²) in [6.45, 7) is 13.8. The molecule has 0 fully saturated rings. The van der Waals surface area contributed by atoms with Crippen molar-refractivity contribution in [3.8, 4) is 0 Å². The zero-order chi connectivity index (χ0) is 29.4. The number of hydrogen-bond acceptors (Lipinski definition) is 12. The first-order valence-electron chi connectivity index (χ1n) is 13.2. The molecule has 0 heterocycles. The van der Waals surface area contributed by atoms with Gasteiger partial charge in [0.1, 0.15) is 0 Å². The predicted molar refractivity (Wildman–Crippen MR) is 145 cm³/mol. The Labute approximate surface area is 233 Å². The molecule has 5 N–H and O–H groups in total. The van der Waals surface area contributed by atoms with Crippen molar-refractivity contribution in [3.05, 3.63) is 38.3 Å². The van der Waals surface area contributed by atoms with E-state index in [1.165, 1.54) is 12.5 Å². The van der Waals surface area contributed by atoms with Crippen LogP contribution in [0.5, 0.6) is 0 Å². The van der Waals surface area contributed by atoms with Crippen LogP contribution in [0.25, 0.3) is 0 Å². The molecule has 0 aromatic heterocycles. The fourth-order valence-electron chi connectivity index (χ4n) is 3.83. The second-order valence-corrected chi connectivity index (χ2v) is 9.12. The van der Waals surface area contributed by atoms with Gasteiger partial charge in [-0.1, -0.05) is 26.2 Å². The minimum Gasteiger partial charge on any atom is -0.476 e. The van der Waals surface area contributed by atoms with Gasteiger partial charge in [-0.2, -0.15) is 0 Å². The van der Waals surface area contributed by atoms with Crippen molar-refractivity contribution in [2.24, 2.45) is 11.3 Å². The molecule has 0 spiro atoms. The van der Waals surface area contributed by atoms with Crippen molar-refractivity contribution in [1.82, 2.24) is 4.90 Å². The van der Waals surface area contributed by atoms with Crippen molar-refractivity contribution >= 4 is 0 Å². The van der Waals surface area contributed by atoms with Gasteiger partial charge in [-0.15, -0.1) is 6.58 Å². The van der Waals surface area contributed by atoms with Crippen molar-refractivity contribution in [2.75, 3.05) is 86.1 Å². The van der Waals surface area contributed by atoms with Crippen LogP contribution in [-0.2, 0) is 28.4 Å². The van der Waals surface area contributed by atoms with Crippen molar-refractivity contribution in [2.45, 2.75) is 38.1 Å². The highest BCUT2D eigenvalue weighted by molar-refractivity contribution is 4.96. The average molecular weight is 566 g/mol. The fraction of sp³-hybridized carbons (Fsp3) is 0.778. The topological polar surface area (TPSA) is 160 Å². The Bertz CT molecular complexity index is 606. The summed E-state index contributed by atoms with van der Waals surface area (Å²) in [5.41, 5.74) is -0.912. The summed E-state index contributed by atoms with van der Waals surface area (Å²) < 4.78 is 32.3. The molecule has 230 valence electrons. The molecule has 5 atom stereocenters. The van der Waals surface area contributed by atoms with E-state index in [-0.39, 0.29) is 73.0 Å². The summed E-state index contributed by atoms with van der Waals surface area (Å²) in [5, 5.41) is 50.5. The molecule has 0 saturated carbocycles. The number of aliphatic hydroxyl groups is 5. The van der Waals surface area contributed by atoms with Crippen LogP contribution < -0.4 is 0 Å². The molecule has 0 amide bonds. The maximum absolute atomic E-state index is 11.4. The zero-order valence-electron chi connectivity index (χ0n) is 23.4. The normalized spacial score (nSPS) is 16.2. The fourth-order valence-corrected chi connectivity index (χ4v) is 3.83. The Morgan fingerprint density at radius 2 is 1.36 bits per heavy atom. The Morgan fingerprint density at radius 1 is 0.795 bits per heavy atom. The van der Waals surface area contributed by atoms with Gasteiger partial charge in [0.15, 0.2) is 13.6 Å². The molecule has 39 heavy (non-hydrogen) atoms. The molecule has 0 aromatic rings. The molecule has 0 rings (SSSR count). The second-order valence-electron chi connectivity index (χ2n) is 9.12. The van der Waals surface area contributed by atoms with Crippen molar-refractivity contribution < 1.29 is 54.0 Å². The summed E-state index contributed by atoms with van der Waals surface area (Å²) in [5.74, 6) is -0.483. The highest BCUT2D eigenvalue weighted by Crippen LogP contribution is 2.33. The molecular formula is C27H51NO11. The summed E-state index contributed by atoms with van der Waals surface area (Å²) >= 11 is 0. The molecule has 0 aliphatic rings. The number of aliphatic hydroxyl groups excluding tert-OH is 5. The van der Waals surface area contributed by atoms with E-state index in [4.69, 9.17) is 28.4 Å². The third-order valence-electron chi connectivity index (χ3n) is 6.18. The third kappa shape index (κ3) is 17.0. The van der Waals surface area contributed by atoms with Gasteiger partial charge in [-0.3, -0.25) is 4.90 Å². The molecule has 0 radical (unpaired) electrons.